The molecule has 0 saturated carbocycles. The number of carbonyl (C=O) groups is 2. The van der Waals surface area contributed by atoms with Crippen molar-refractivity contribution in [3.8, 4) is 0 Å². The number of aromatic nitrogens is 1. The summed E-state index contributed by atoms with van der Waals surface area (Å²) < 4.78 is 35.9. The molecule has 1 aromatic rings. The van der Waals surface area contributed by atoms with E-state index in [4.69, 9.17) is 9.47 Å². The minimum atomic E-state index is -3.50. The van der Waals surface area contributed by atoms with Crippen molar-refractivity contribution in [3.05, 3.63) is 23.4 Å². The van der Waals surface area contributed by atoms with Crippen molar-refractivity contribution in [1.82, 2.24) is 14.6 Å². The Hall–Kier alpha value is -2.40. The lowest BCUT2D eigenvalue weighted by atomic mass is 10.1. The fraction of sp³-hybridized carbons (Fsp3) is 0.696. The minimum Gasteiger partial charge on any atom is -0.467 e. The highest BCUT2D eigenvalue weighted by Crippen LogP contribution is 2.20. The van der Waals surface area contributed by atoms with Gasteiger partial charge in [0.05, 0.1) is 13.4 Å². The maximum atomic E-state index is 12.3. The largest absolute Gasteiger partial charge is 0.467 e. The second kappa shape index (κ2) is 12.3. The summed E-state index contributed by atoms with van der Waals surface area (Å²) in [5, 5.41) is 5.80. The number of nitrogens with one attached hydrogen (secondary N) is 2. The first-order valence-corrected chi connectivity index (χ1v) is 13.5. The van der Waals surface area contributed by atoms with Crippen molar-refractivity contribution in [3.63, 3.8) is 0 Å². The predicted octanol–water partition coefficient (Wildman–Crippen LogP) is 2.48. The Labute approximate surface area is 202 Å². The summed E-state index contributed by atoms with van der Waals surface area (Å²) in [5.74, 6) is 0.291. The van der Waals surface area contributed by atoms with Crippen LogP contribution in [0.5, 0.6) is 0 Å². The molecule has 0 fully saturated rings. The lowest BCUT2D eigenvalue weighted by Crippen LogP contribution is -2.46. The Morgan fingerprint density at radius 2 is 1.97 bits per heavy atom. The van der Waals surface area contributed by atoms with Gasteiger partial charge < -0.3 is 20.1 Å². The van der Waals surface area contributed by atoms with Gasteiger partial charge in [-0.2, -0.15) is 0 Å². The first-order chi connectivity index (χ1) is 15.9. The Morgan fingerprint density at radius 3 is 2.62 bits per heavy atom. The number of ether oxygens (including phenoxy) is 2. The quantitative estimate of drug-likeness (QED) is 0.352. The van der Waals surface area contributed by atoms with Crippen LogP contribution in [0, 0.1) is 0 Å². The van der Waals surface area contributed by atoms with Crippen LogP contribution in [0.1, 0.15) is 57.7 Å². The predicted molar refractivity (Wildman–Crippen MR) is 130 cm³/mol. The average Bonchev–Trinajstić information content (AvgIpc) is 2.74. The topological polar surface area (TPSA) is 127 Å². The molecule has 2 N–H and O–H groups in total. The number of rotatable bonds is 11. The SMILES string of the molecule is COC(=O)[C@H](CCN(CCCCc1ccc2c(n1)NCCC2)S(C)(=O)=O)NC(=O)OC(C)(C)C. The monoisotopic (exact) mass is 498 g/mol. The Bertz CT molecular complexity index is 945. The highest BCUT2D eigenvalue weighted by atomic mass is 32.2. The van der Waals surface area contributed by atoms with Gasteiger partial charge in [-0.25, -0.2) is 27.3 Å². The van der Waals surface area contributed by atoms with Gasteiger partial charge in [-0.15, -0.1) is 0 Å². The molecule has 0 aliphatic carbocycles. The van der Waals surface area contributed by atoms with Gasteiger partial charge in [-0.3, -0.25) is 0 Å². The molecule has 0 radical (unpaired) electrons. The van der Waals surface area contributed by atoms with Crippen molar-refractivity contribution < 1.29 is 27.5 Å². The summed E-state index contributed by atoms with van der Waals surface area (Å²) in [6, 6.07) is 3.12. The molecule has 0 bridgehead atoms. The van der Waals surface area contributed by atoms with Gasteiger partial charge in [-0.05, 0) is 70.9 Å². The number of hydrogen-bond acceptors (Lipinski definition) is 8. The number of unbranched alkanes of at least 4 members (excludes halogenated alkanes) is 1. The highest BCUT2D eigenvalue weighted by molar-refractivity contribution is 7.88. The van der Waals surface area contributed by atoms with Gasteiger partial charge in [0, 0.05) is 25.3 Å². The van der Waals surface area contributed by atoms with Crippen molar-refractivity contribution in [2.75, 3.05) is 38.3 Å². The molecule has 0 saturated heterocycles. The van der Waals surface area contributed by atoms with Crippen molar-refractivity contribution in [1.29, 1.82) is 0 Å². The van der Waals surface area contributed by atoms with Gasteiger partial charge in [0.2, 0.25) is 10.0 Å². The number of alkyl carbamates (subject to hydrolysis) is 1. The molecule has 1 amide bonds. The maximum Gasteiger partial charge on any atom is 0.408 e. The standard InChI is InChI=1S/C23H38N4O6S/c1-23(2,3)33-22(29)26-19(21(28)32-4)13-16-27(34(5,30)31)15-7-6-10-18-12-11-17-9-8-14-24-20(17)25-18/h11-12,19H,6-10,13-16H2,1-5H3,(H,24,25)(H,26,29)/t19-/m0/s1. The molecule has 0 aromatic carbocycles. The molecule has 0 spiro atoms. The summed E-state index contributed by atoms with van der Waals surface area (Å²) in [6.45, 7) is 6.43. The summed E-state index contributed by atoms with van der Waals surface area (Å²) >= 11 is 0. The third kappa shape index (κ3) is 9.46. The van der Waals surface area contributed by atoms with Crippen LogP contribution >= 0.6 is 0 Å². The molecule has 11 heteroatoms. The van der Waals surface area contributed by atoms with Crippen molar-refractivity contribution >= 4 is 27.9 Å². The number of aryl methyl sites for hydroxylation is 2. The number of nitrogens with zero attached hydrogens (tertiary/aromatic N) is 2. The van der Waals surface area contributed by atoms with E-state index < -0.39 is 33.7 Å². The van der Waals surface area contributed by atoms with E-state index in [9.17, 15) is 18.0 Å². The third-order valence-corrected chi connectivity index (χ3v) is 6.66. The number of sulfonamides is 1. The summed E-state index contributed by atoms with van der Waals surface area (Å²) in [5.41, 5.74) is 1.48. The molecule has 1 atom stereocenters. The minimum absolute atomic E-state index is 0.0649. The smallest absolute Gasteiger partial charge is 0.408 e. The van der Waals surface area contributed by atoms with Crippen LogP contribution in [-0.2, 0) is 37.1 Å². The average molecular weight is 499 g/mol. The zero-order valence-corrected chi connectivity index (χ0v) is 21.7. The normalized spacial score (nSPS) is 14.6. The third-order valence-electron chi connectivity index (χ3n) is 5.36. The fourth-order valence-corrected chi connectivity index (χ4v) is 4.56. The van der Waals surface area contributed by atoms with E-state index in [1.165, 1.54) is 17.0 Å². The van der Waals surface area contributed by atoms with E-state index in [2.05, 4.69) is 21.7 Å². The second-order valence-corrected chi connectivity index (χ2v) is 11.5. The Kier molecular flexibility index (Phi) is 10.1. The number of carbonyl (C=O) groups excluding carboxylic acids is 2. The number of fused-ring (bicyclic) bond motifs is 1. The van der Waals surface area contributed by atoms with E-state index >= 15 is 0 Å². The van der Waals surface area contributed by atoms with Crippen LogP contribution in [0.15, 0.2) is 12.1 Å². The Morgan fingerprint density at radius 1 is 1.24 bits per heavy atom. The fourth-order valence-electron chi connectivity index (χ4n) is 3.66. The maximum absolute atomic E-state index is 12.3. The molecule has 1 aliphatic heterocycles. The van der Waals surface area contributed by atoms with Gasteiger partial charge in [0.25, 0.3) is 0 Å². The highest BCUT2D eigenvalue weighted by Gasteiger charge is 2.27. The summed E-state index contributed by atoms with van der Waals surface area (Å²) in [6.07, 6.45) is 4.75. The van der Waals surface area contributed by atoms with Gasteiger partial charge >= 0.3 is 12.1 Å². The van der Waals surface area contributed by atoms with E-state index in [-0.39, 0.29) is 13.0 Å². The van der Waals surface area contributed by atoms with Crippen LogP contribution < -0.4 is 10.6 Å². The molecule has 34 heavy (non-hydrogen) atoms. The lowest BCUT2D eigenvalue weighted by Gasteiger charge is -2.25. The van der Waals surface area contributed by atoms with Crippen molar-refractivity contribution in [2.45, 2.75) is 70.9 Å². The van der Waals surface area contributed by atoms with E-state index in [0.717, 1.165) is 50.0 Å². The molecule has 2 rings (SSSR count). The van der Waals surface area contributed by atoms with Gasteiger partial charge in [0.15, 0.2) is 0 Å². The van der Waals surface area contributed by atoms with Crippen LogP contribution in [0.4, 0.5) is 10.6 Å². The van der Waals surface area contributed by atoms with Crippen LogP contribution in [-0.4, -0.2) is 74.4 Å². The first kappa shape index (κ1) is 27.8. The molecule has 10 nitrogen and oxygen atoms in total. The molecule has 1 aromatic heterocycles. The van der Waals surface area contributed by atoms with Crippen LogP contribution in [0.2, 0.25) is 0 Å². The van der Waals surface area contributed by atoms with E-state index in [0.29, 0.717) is 13.0 Å². The number of pyridine rings is 1. The molecule has 1 aliphatic rings. The molecular weight excluding hydrogens is 460 g/mol. The van der Waals surface area contributed by atoms with E-state index in [1.807, 2.05) is 6.07 Å². The zero-order chi connectivity index (χ0) is 25.4. The van der Waals surface area contributed by atoms with Crippen LogP contribution in [0.25, 0.3) is 0 Å². The van der Waals surface area contributed by atoms with Crippen LogP contribution in [0.3, 0.4) is 0 Å². The molecule has 192 valence electrons. The summed E-state index contributed by atoms with van der Waals surface area (Å²) in [4.78, 5) is 28.9. The molecule has 0 unspecified atom stereocenters. The summed E-state index contributed by atoms with van der Waals surface area (Å²) in [7, 11) is -2.28. The second-order valence-electron chi connectivity index (χ2n) is 9.47. The molecular formula is C23H38N4O6S. The number of amides is 1. The number of methoxy groups -OCH3 is 1. The Balaban J connectivity index is 1.89. The van der Waals surface area contributed by atoms with Crippen molar-refractivity contribution in [2.24, 2.45) is 0 Å². The van der Waals surface area contributed by atoms with E-state index in [1.54, 1.807) is 20.8 Å². The first-order valence-electron chi connectivity index (χ1n) is 11.6. The number of esters is 1. The zero-order valence-electron chi connectivity index (χ0n) is 20.8. The number of hydrogen-bond donors (Lipinski definition) is 2. The lowest BCUT2D eigenvalue weighted by molar-refractivity contribution is -0.143. The van der Waals surface area contributed by atoms with Gasteiger partial charge in [-0.1, -0.05) is 6.07 Å². The number of anilines is 1. The molecule has 2 heterocycles. The van der Waals surface area contributed by atoms with Gasteiger partial charge in [0.1, 0.15) is 17.5 Å².